The monoisotopic (exact) mass is 412 g/mol. The predicted octanol–water partition coefficient (Wildman–Crippen LogP) is 4.36. The van der Waals surface area contributed by atoms with Gasteiger partial charge < -0.3 is 5.32 Å². The summed E-state index contributed by atoms with van der Waals surface area (Å²) in [4.78, 5) is 12.9. The Morgan fingerprint density at radius 3 is 2.19 bits per heavy atom. The minimum absolute atomic E-state index is 0.141. The van der Waals surface area contributed by atoms with Crippen molar-refractivity contribution in [3.05, 3.63) is 28.8 Å². The van der Waals surface area contributed by atoms with Crippen LogP contribution in [0.2, 0.25) is 5.02 Å². The van der Waals surface area contributed by atoms with Crippen molar-refractivity contribution < 1.29 is 13.2 Å². The molecule has 1 aromatic rings. The molecule has 1 saturated carbocycles. The van der Waals surface area contributed by atoms with Gasteiger partial charge in [0.05, 0.1) is 15.5 Å². The zero-order chi connectivity index (χ0) is 19.3. The number of benzene rings is 1. The first-order valence-corrected chi connectivity index (χ1v) is 11.9. The molecule has 1 aliphatic heterocycles. The molecule has 0 atom stereocenters. The van der Waals surface area contributed by atoms with Gasteiger partial charge >= 0.3 is 0 Å². The van der Waals surface area contributed by atoms with E-state index in [1.807, 2.05) is 0 Å². The first-order valence-electron chi connectivity index (χ1n) is 10.1. The van der Waals surface area contributed by atoms with Gasteiger partial charge in [-0.05, 0) is 43.9 Å². The summed E-state index contributed by atoms with van der Waals surface area (Å²) in [6.45, 7) is 1.07. The van der Waals surface area contributed by atoms with Gasteiger partial charge in [-0.2, -0.15) is 4.31 Å². The summed E-state index contributed by atoms with van der Waals surface area (Å²) < 4.78 is 27.6. The Labute approximate surface area is 167 Å². The van der Waals surface area contributed by atoms with E-state index in [2.05, 4.69) is 5.32 Å². The summed E-state index contributed by atoms with van der Waals surface area (Å²) in [6.07, 6.45) is 10.4. The smallest absolute Gasteiger partial charge is 0.253 e. The molecule has 1 amide bonds. The van der Waals surface area contributed by atoms with E-state index < -0.39 is 10.0 Å². The lowest BCUT2D eigenvalue weighted by atomic mass is 10.1. The van der Waals surface area contributed by atoms with Crippen LogP contribution < -0.4 is 5.32 Å². The number of halogens is 1. The number of sulfonamides is 1. The average molecular weight is 413 g/mol. The van der Waals surface area contributed by atoms with Gasteiger partial charge in [0.1, 0.15) is 0 Å². The van der Waals surface area contributed by atoms with E-state index in [-0.39, 0.29) is 27.4 Å². The summed E-state index contributed by atoms with van der Waals surface area (Å²) in [5.41, 5.74) is 0.247. The number of hydrogen-bond acceptors (Lipinski definition) is 3. The number of amides is 1. The standard InChI is InChI=1S/C20H29ClN2O3S/c21-19-12-11-17(27(25,26)23-13-7-3-4-8-14-23)15-18(19)20(24)22-16-9-5-1-2-6-10-16/h11-12,15-16H,1-10,13-14H2,(H,22,24). The largest absolute Gasteiger partial charge is 0.349 e. The quantitative estimate of drug-likeness (QED) is 0.747. The number of carbonyl (C=O) groups is 1. The molecule has 1 aromatic carbocycles. The maximum Gasteiger partial charge on any atom is 0.253 e. The van der Waals surface area contributed by atoms with Crippen LogP contribution in [0.5, 0.6) is 0 Å². The van der Waals surface area contributed by atoms with Crippen LogP contribution in [0, 0.1) is 0 Å². The number of nitrogens with one attached hydrogen (secondary N) is 1. The molecule has 0 spiro atoms. The van der Waals surface area contributed by atoms with Gasteiger partial charge in [0.2, 0.25) is 10.0 Å². The van der Waals surface area contributed by atoms with Crippen LogP contribution in [0.1, 0.15) is 74.6 Å². The summed E-state index contributed by atoms with van der Waals surface area (Å²) in [6, 6.07) is 4.61. The maximum absolute atomic E-state index is 13.0. The Balaban J connectivity index is 1.79. The minimum Gasteiger partial charge on any atom is -0.349 e. The van der Waals surface area contributed by atoms with Crippen LogP contribution >= 0.6 is 11.6 Å². The highest BCUT2D eigenvalue weighted by Gasteiger charge is 2.27. The van der Waals surface area contributed by atoms with Crippen LogP contribution in [0.15, 0.2) is 23.1 Å². The van der Waals surface area contributed by atoms with Crippen molar-refractivity contribution in [1.82, 2.24) is 9.62 Å². The topological polar surface area (TPSA) is 66.5 Å². The molecule has 3 rings (SSSR count). The van der Waals surface area contributed by atoms with E-state index >= 15 is 0 Å². The van der Waals surface area contributed by atoms with Crippen LogP contribution in [-0.2, 0) is 10.0 Å². The molecule has 0 unspecified atom stereocenters. The summed E-state index contributed by atoms with van der Waals surface area (Å²) >= 11 is 6.23. The van der Waals surface area contributed by atoms with Gasteiger partial charge in [0.25, 0.3) is 5.91 Å². The Hall–Kier alpha value is -1.11. The summed E-state index contributed by atoms with van der Waals surface area (Å²) in [7, 11) is -3.60. The van der Waals surface area contributed by atoms with Crippen molar-refractivity contribution in [2.75, 3.05) is 13.1 Å². The Bertz CT molecular complexity index is 750. The van der Waals surface area contributed by atoms with Gasteiger partial charge in [0, 0.05) is 19.1 Å². The first-order chi connectivity index (χ1) is 13.0. The molecule has 0 bridgehead atoms. The highest BCUT2D eigenvalue weighted by molar-refractivity contribution is 7.89. The third-order valence-corrected chi connectivity index (χ3v) is 7.80. The summed E-state index contributed by atoms with van der Waals surface area (Å²) in [5, 5.41) is 3.34. The fraction of sp³-hybridized carbons (Fsp3) is 0.650. The van der Waals surface area contributed by atoms with Gasteiger partial charge in [-0.25, -0.2) is 8.42 Å². The predicted molar refractivity (Wildman–Crippen MR) is 108 cm³/mol. The lowest BCUT2D eigenvalue weighted by Crippen LogP contribution is -2.35. The van der Waals surface area contributed by atoms with E-state index in [4.69, 9.17) is 11.6 Å². The van der Waals surface area contributed by atoms with E-state index in [0.717, 1.165) is 51.4 Å². The van der Waals surface area contributed by atoms with Crippen LogP contribution in [0.25, 0.3) is 0 Å². The molecular weight excluding hydrogens is 384 g/mol. The second kappa shape index (κ2) is 9.39. The van der Waals surface area contributed by atoms with Gasteiger partial charge in [0.15, 0.2) is 0 Å². The van der Waals surface area contributed by atoms with Crippen LogP contribution in [-0.4, -0.2) is 37.8 Å². The molecule has 0 aromatic heterocycles. The van der Waals surface area contributed by atoms with E-state index in [0.29, 0.717) is 13.1 Å². The normalized spacial score (nSPS) is 20.6. The third kappa shape index (κ3) is 5.24. The molecule has 2 fully saturated rings. The fourth-order valence-corrected chi connectivity index (χ4v) is 5.70. The zero-order valence-corrected chi connectivity index (χ0v) is 17.3. The van der Waals surface area contributed by atoms with Crippen LogP contribution in [0.3, 0.4) is 0 Å². The van der Waals surface area contributed by atoms with Crippen molar-refractivity contribution in [2.24, 2.45) is 0 Å². The lowest BCUT2D eigenvalue weighted by molar-refractivity contribution is 0.0933. The van der Waals surface area contributed by atoms with Crippen molar-refractivity contribution in [3.63, 3.8) is 0 Å². The fourth-order valence-electron chi connectivity index (χ4n) is 3.96. The second-order valence-electron chi connectivity index (χ2n) is 7.62. The summed E-state index contributed by atoms with van der Waals surface area (Å²) in [5.74, 6) is -0.278. The molecule has 5 nitrogen and oxygen atoms in total. The lowest BCUT2D eigenvalue weighted by Gasteiger charge is -2.21. The van der Waals surface area contributed by atoms with E-state index in [1.54, 1.807) is 0 Å². The molecular formula is C20H29ClN2O3S. The molecule has 1 aliphatic carbocycles. The van der Waals surface area contributed by atoms with Crippen molar-refractivity contribution in [1.29, 1.82) is 0 Å². The zero-order valence-electron chi connectivity index (χ0n) is 15.8. The Kier molecular flexibility index (Phi) is 7.17. The second-order valence-corrected chi connectivity index (χ2v) is 9.97. The molecule has 0 radical (unpaired) electrons. The van der Waals surface area contributed by atoms with Gasteiger partial charge in [-0.15, -0.1) is 0 Å². The highest BCUT2D eigenvalue weighted by atomic mass is 35.5. The SMILES string of the molecule is O=C(NC1CCCCCC1)c1cc(S(=O)(=O)N2CCCCCC2)ccc1Cl. The van der Waals surface area contributed by atoms with Crippen molar-refractivity contribution in [2.45, 2.75) is 75.1 Å². The molecule has 27 heavy (non-hydrogen) atoms. The minimum atomic E-state index is -3.60. The molecule has 1 N–H and O–H groups in total. The Morgan fingerprint density at radius 2 is 1.56 bits per heavy atom. The van der Waals surface area contributed by atoms with E-state index in [1.165, 1.54) is 35.3 Å². The average Bonchev–Trinajstić information content (AvgIpc) is 3.07. The first kappa shape index (κ1) is 20.6. The Morgan fingerprint density at radius 1 is 0.963 bits per heavy atom. The molecule has 7 heteroatoms. The third-order valence-electron chi connectivity index (χ3n) is 5.58. The van der Waals surface area contributed by atoms with Gasteiger partial charge in [-0.1, -0.05) is 50.1 Å². The molecule has 1 saturated heterocycles. The number of nitrogens with zero attached hydrogens (tertiary/aromatic N) is 1. The van der Waals surface area contributed by atoms with Crippen molar-refractivity contribution in [3.8, 4) is 0 Å². The number of rotatable bonds is 4. The highest BCUT2D eigenvalue weighted by Crippen LogP contribution is 2.25. The van der Waals surface area contributed by atoms with E-state index in [9.17, 15) is 13.2 Å². The maximum atomic E-state index is 13.0. The molecule has 2 aliphatic rings. The van der Waals surface area contributed by atoms with Crippen LogP contribution in [0.4, 0.5) is 0 Å². The van der Waals surface area contributed by atoms with Gasteiger partial charge in [-0.3, -0.25) is 4.79 Å². The number of hydrogen-bond donors (Lipinski definition) is 1. The van der Waals surface area contributed by atoms with Crippen molar-refractivity contribution >= 4 is 27.5 Å². The number of carbonyl (C=O) groups excluding carboxylic acids is 1. The molecule has 150 valence electrons. The molecule has 1 heterocycles.